The Bertz CT molecular complexity index is 1190. The van der Waals surface area contributed by atoms with Gasteiger partial charge in [0.15, 0.2) is 6.10 Å². The summed E-state index contributed by atoms with van der Waals surface area (Å²) in [5, 5.41) is 0. The predicted octanol–water partition coefficient (Wildman–Crippen LogP) is 4.29. The summed E-state index contributed by atoms with van der Waals surface area (Å²) in [5.41, 5.74) is 3.12. The summed E-state index contributed by atoms with van der Waals surface area (Å²) in [6, 6.07) is 29.1. The number of esters is 1. The van der Waals surface area contributed by atoms with Crippen LogP contribution in [0, 0.1) is 0 Å². The SMILES string of the molecule is CC(=O)O[C@H]1C[C@H]2[C@H](OCc3ccccc3)[C@H](OCc3ccccc3)[C@@H](COCc3ccccc3)N2C1=O. The van der Waals surface area contributed by atoms with Gasteiger partial charge in [0.2, 0.25) is 0 Å². The molecule has 0 bridgehead atoms. The summed E-state index contributed by atoms with van der Waals surface area (Å²) in [7, 11) is 0. The summed E-state index contributed by atoms with van der Waals surface area (Å²) < 4.78 is 24.5. The molecule has 3 aromatic carbocycles. The van der Waals surface area contributed by atoms with Crippen molar-refractivity contribution in [1.82, 2.24) is 4.90 Å². The number of rotatable bonds is 11. The first kappa shape index (κ1) is 26.1. The fraction of sp³-hybridized carbons (Fsp3) is 0.355. The standard InChI is InChI=1S/C31H33NO6/c1-22(33)38-28-17-26-29(36-19-24-13-7-3-8-14-24)30(37-20-25-15-9-4-10-16-25)27(32(26)31(28)34)21-35-18-23-11-5-2-6-12-23/h2-16,26-30H,17-21H2,1H3/t26-,27+,28-,29-,30+/m0/s1. The van der Waals surface area contributed by atoms with Crippen LogP contribution in [0.4, 0.5) is 0 Å². The highest BCUT2D eigenvalue weighted by molar-refractivity contribution is 5.86. The second-order valence-corrected chi connectivity index (χ2v) is 9.74. The second-order valence-electron chi connectivity index (χ2n) is 9.74. The van der Waals surface area contributed by atoms with E-state index in [0.717, 1.165) is 16.7 Å². The Kier molecular flexibility index (Phi) is 8.48. The van der Waals surface area contributed by atoms with Crippen LogP contribution in [0.15, 0.2) is 91.0 Å². The van der Waals surface area contributed by atoms with Gasteiger partial charge in [-0.25, -0.2) is 0 Å². The van der Waals surface area contributed by atoms with Gasteiger partial charge in [0.1, 0.15) is 12.2 Å². The Balaban J connectivity index is 1.39. The number of carbonyl (C=O) groups excluding carboxylic acids is 2. The molecule has 2 fully saturated rings. The molecule has 0 radical (unpaired) electrons. The fourth-order valence-electron chi connectivity index (χ4n) is 5.35. The van der Waals surface area contributed by atoms with E-state index in [1.165, 1.54) is 6.92 Å². The average Bonchev–Trinajstić information content (AvgIpc) is 3.40. The van der Waals surface area contributed by atoms with Gasteiger partial charge in [-0.3, -0.25) is 9.59 Å². The van der Waals surface area contributed by atoms with Gasteiger partial charge in [-0.15, -0.1) is 0 Å². The molecular formula is C31H33NO6. The van der Waals surface area contributed by atoms with E-state index in [9.17, 15) is 9.59 Å². The molecule has 3 aromatic rings. The molecule has 0 aliphatic carbocycles. The van der Waals surface area contributed by atoms with Gasteiger partial charge in [0, 0.05) is 13.3 Å². The molecule has 198 valence electrons. The normalized spacial score (nSPS) is 24.4. The highest BCUT2D eigenvalue weighted by Gasteiger charge is 2.59. The lowest BCUT2D eigenvalue weighted by Gasteiger charge is -2.28. The van der Waals surface area contributed by atoms with Crippen molar-refractivity contribution in [2.75, 3.05) is 6.61 Å². The van der Waals surface area contributed by atoms with Gasteiger partial charge in [0.05, 0.1) is 38.5 Å². The first-order valence-electron chi connectivity index (χ1n) is 13.0. The lowest BCUT2D eigenvalue weighted by molar-refractivity contribution is -0.156. The van der Waals surface area contributed by atoms with Gasteiger partial charge < -0.3 is 23.8 Å². The Labute approximate surface area is 223 Å². The van der Waals surface area contributed by atoms with Crippen molar-refractivity contribution in [3.8, 4) is 0 Å². The molecule has 2 saturated heterocycles. The topological polar surface area (TPSA) is 74.3 Å². The minimum atomic E-state index is -0.827. The summed E-state index contributed by atoms with van der Waals surface area (Å²) in [5.74, 6) is -0.697. The van der Waals surface area contributed by atoms with Crippen molar-refractivity contribution in [2.24, 2.45) is 0 Å². The molecule has 5 rings (SSSR count). The maximum atomic E-state index is 13.5. The molecule has 7 nitrogen and oxygen atoms in total. The maximum absolute atomic E-state index is 13.5. The van der Waals surface area contributed by atoms with Crippen molar-refractivity contribution in [3.63, 3.8) is 0 Å². The number of benzene rings is 3. The summed E-state index contributed by atoms with van der Waals surface area (Å²) in [6.07, 6.45) is -1.29. The largest absolute Gasteiger partial charge is 0.452 e. The molecule has 2 heterocycles. The minimum absolute atomic E-state index is 0.224. The zero-order valence-electron chi connectivity index (χ0n) is 21.5. The molecule has 5 atom stereocenters. The number of fused-ring (bicyclic) bond motifs is 1. The van der Waals surface area contributed by atoms with Gasteiger partial charge in [-0.05, 0) is 16.7 Å². The van der Waals surface area contributed by atoms with Crippen molar-refractivity contribution >= 4 is 11.9 Å². The van der Waals surface area contributed by atoms with E-state index >= 15 is 0 Å². The van der Waals surface area contributed by atoms with Crippen LogP contribution in [0.5, 0.6) is 0 Å². The molecule has 38 heavy (non-hydrogen) atoms. The van der Waals surface area contributed by atoms with E-state index in [4.69, 9.17) is 18.9 Å². The lowest BCUT2D eigenvalue weighted by atomic mass is 10.0. The maximum Gasteiger partial charge on any atom is 0.303 e. The van der Waals surface area contributed by atoms with E-state index in [-0.39, 0.29) is 24.6 Å². The van der Waals surface area contributed by atoms with E-state index in [1.807, 2.05) is 91.0 Å². The van der Waals surface area contributed by atoms with Crippen LogP contribution < -0.4 is 0 Å². The van der Waals surface area contributed by atoms with Gasteiger partial charge in [-0.1, -0.05) is 91.0 Å². The monoisotopic (exact) mass is 515 g/mol. The molecule has 0 saturated carbocycles. The van der Waals surface area contributed by atoms with E-state index in [0.29, 0.717) is 26.2 Å². The third-order valence-corrected chi connectivity index (χ3v) is 7.06. The molecule has 0 N–H and O–H groups in total. The smallest absolute Gasteiger partial charge is 0.303 e. The number of carbonyl (C=O) groups is 2. The Morgan fingerprint density at radius 3 is 1.79 bits per heavy atom. The lowest BCUT2D eigenvalue weighted by Crippen LogP contribution is -2.45. The van der Waals surface area contributed by atoms with E-state index < -0.39 is 24.3 Å². The van der Waals surface area contributed by atoms with Crippen LogP contribution >= 0.6 is 0 Å². The van der Waals surface area contributed by atoms with Crippen LogP contribution in [-0.4, -0.2) is 53.8 Å². The fourth-order valence-corrected chi connectivity index (χ4v) is 5.35. The van der Waals surface area contributed by atoms with Crippen molar-refractivity contribution in [3.05, 3.63) is 108 Å². The van der Waals surface area contributed by atoms with Crippen molar-refractivity contribution in [1.29, 1.82) is 0 Å². The number of hydrogen-bond donors (Lipinski definition) is 0. The summed E-state index contributed by atoms with van der Waals surface area (Å²) in [6.45, 7) is 2.78. The Morgan fingerprint density at radius 2 is 1.26 bits per heavy atom. The highest BCUT2D eigenvalue weighted by Crippen LogP contribution is 2.39. The van der Waals surface area contributed by atoms with E-state index in [2.05, 4.69) is 0 Å². The summed E-state index contributed by atoms with van der Waals surface area (Å²) >= 11 is 0. The molecule has 0 spiro atoms. The second kappa shape index (κ2) is 12.3. The van der Waals surface area contributed by atoms with Crippen LogP contribution in [0.1, 0.15) is 30.0 Å². The molecule has 0 unspecified atom stereocenters. The number of nitrogens with zero attached hydrogens (tertiary/aromatic N) is 1. The van der Waals surface area contributed by atoms with Gasteiger partial charge in [-0.2, -0.15) is 0 Å². The van der Waals surface area contributed by atoms with Crippen LogP contribution in [0.2, 0.25) is 0 Å². The zero-order chi connectivity index (χ0) is 26.3. The molecular weight excluding hydrogens is 482 g/mol. The molecule has 2 aliphatic rings. The van der Waals surface area contributed by atoms with Gasteiger partial charge >= 0.3 is 5.97 Å². The average molecular weight is 516 g/mol. The first-order chi connectivity index (χ1) is 18.6. The quantitative estimate of drug-likeness (QED) is 0.355. The summed E-state index contributed by atoms with van der Waals surface area (Å²) in [4.78, 5) is 27.0. The molecule has 7 heteroatoms. The van der Waals surface area contributed by atoms with E-state index in [1.54, 1.807) is 4.90 Å². The Hall–Kier alpha value is -3.52. The molecule has 1 amide bonds. The van der Waals surface area contributed by atoms with Crippen LogP contribution in [-0.2, 0) is 48.4 Å². The number of amides is 1. The van der Waals surface area contributed by atoms with Crippen molar-refractivity contribution < 1.29 is 28.5 Å². The van der Waals surface area contributed by atoms with Crippen molar-refractivity contribution in [2.45, 2.75) is 63.6 Å². The predicted molar refractivity (Wildman–Crippen MR) is 141 cm³/mol. The molecule has 0 aromatic heterocycles. The van der Waals surface area contributed by atoms with Crippen LogP contribution in [0.3, 0.4) is 0 Å². The number of ether oxygens (including phenoxy) is 4. The minimum Gasteiger partial charge on any atom is -0.452 e. The van der Waals surface area contributed by atoms with Crippen LogP contribution in [0.25, 0.3) is 0 Å². The molecule has 2 aliphatic heterocycles. The Morgan fingerprint density at radius 1 is 0.763 bits per heavy atom. The third-order valence-electron chi connectivity index (χ3n) is 7.06. The first-order valence-corrected chi connectivity index (χ1v) is 13.0. The zero-order valence-corrected chi connectivity index (χ0v) is 21.5. The third kappa shape index (κ3) is 6.13. The number of hydrogen-bond acceptors (Lipinski definition) is 6. The highest BCUT2D eigenvalue weighted by atomic mass is 16.6. The van der Waals surface area contributed by atoms with Gasteiger partial charge in [0.25, 0.3) is 5.91 Å².